The highest BCUT2D eigenvalue weighted by atomic mass is 32.2. The summed E-state index contributed by atoms with van der Waals surface area (Å²) in [4.78, 5) is 34.1. The van der Waals surface area contributed by atoms with Gasteiger partial charge in [0.15, 0.2) is 11.5 Å². The predicted molar refractivity (Wildman–Crippen MR) is 145 cm³/mol. The van der Waals surface area contributed by atoms with Crippen LogP contribution in [-0.4, -0.2) is 77.8 Å². The van der Waals surface area contributed by atoms with Crippen molar-refractivity contribution in [3.05, 3.63) is 52.6 Å². The number of thiophene rings is 1. The van der Waals surface area contributed by atoms with E-state index in [0.717, 1.165) is 11.1 Å². The normalized spacial score (nSPS) is 14.3. The second-order valence-electron chi connectivity index (χ2n) is 9.64. The Morgan fingerprint density at radius 2 is 1.79 bits per heavy atom. The van der Waals surface area contributed by atoms with Gasteiger partial charge in [0, 0.05) is 37.9 Å². The van der Waals surface area contributed by atoms with Gasteiger partial charge in [-0.1, -0.05) is 0 Å². The summed E-state index contributed by atoms with van der Waals surface area (Å²) in [5.74, 6) is 0.373. The van der Waals surface area contributed by atoms with Crippen LogP contribution < -0.4 is 14.4 Å². The Bertz CT molecular complexity index is 1410. The van der Waals surface area contributed by atoms with E-state index in [-0.39, 0.29) is 11.6 Å². The molecule has 0 atom stereocenters. The lowest BCUT2D eigenvalue weighted by atomic mass is 10.1. The maximum absolute atomic E-state index is 13.1. The number of amides is 2. The molecular weight excluding hydrogens is 528 g/mol. The van der Waals surface area contributed by atoms with Gasteiger partial charge in [0.05, 0.1) is 22.4 Å². The van der Waals surface area contributed by atoms with Gasteiger partial charge >= 0.3 is 0 Å². The molecule has 0 aliphatic carbocycles. The lowest BCUT2D eigenvalue weighted by Gasteiger charge is -2.35. The highest BCUT2D eigenvalue weighted by molar-refractivity contribution is 7.91. The van der Waals surface area contributed by atoms with E-state index in [9.17, 15) is 18.0 Å². The van der Waals surface area contributed by atoms with Crippen molar-refractivity contribution in [2.45, 2.75) is 32.4 Å². The van der Waals surface area contributed by atoms with Crippen molar-refractivity contribution in [1.82, 2.24) is 24.8 Å². The van der Waals surface area contributed by atoms with Gasteiger partial charge in [-0.3, -0.25) is 14.6 Å². The van der Waals surface area contributed by atoms with E-state index in [0.29, 0.717) is 49.2 Å². The van der Waals surface area contributed by atoms with E-state index >= 15 is 0 Å². The van der Waals surface area contributed by atoms with Crippen molar-refractivity contribution in [3.63, 3.8) is 0 Å². The Morgan fingerprint density at radius 3 is 2.42 bits per heavy atom. The van der Waals surface area contributed by atoms with Crippen molar-refractivity contribution < 1.29 is 22.7 Å². The van der Waals surface area contributed by atoms with E-state index < -0.39 is 20.7 Å². The molecule has 13 heteroatoms. The Balaban J connectivity index is 1.35. The van der Waals surface area contributed by atoms with E-state index in [2.05, 4.69) is 15.2 Å². The zero-order valence-electron chi connectivity index (χ0n) is 21.7. The summed E-state index contributed by atoms with van der Waals surface area (Å²) in [5, 5.41) is 9.95. The zero-order valence-corrected chi connectivity index (χ0v) is 23.3. The van der Waals surface area contributed by atoms with E-state index in [1.54, 1.807) is 23.4 Å². The SMILES string of the molecule is CCOc1cncc(-c2csc(C(=O)N3CCN(c4ccc(C(=O)NS(=O)(=O)C(C)(C)C)nn4)CC3)c2)c1. The van der Waals surface area contributed by atoms with Crippen LogP contribution in [0.3, 0.4) is 0 Å². The number of carbonyl (C=O) groups excluding carboxylic acids is 2. The first-order chi connectivity index (χ1) is 18.0. The fourth-order valence-corrected chi connectivity index (χ4v) is 5.20. The number of piperazine rings is 1. The summed E-state index contributed by atoms with van der Waals surface area (Å²) in [6.45, 7) is 9.05. The summed E-state index contributed by atoms with van der Waals surface area (Å²) in [6.07, 6.45) is 3.41. The molecule has 3 aromatic heterocycles. The molecule has 2 amide bonds. The lowest BCUT2D eigenvalue weighted by molar-refractivity contribution is 0.0751. The standard InChI is InChI=1S/C25H30N6O5S2/c1-5-36-19-12-17(14-26-15-19)18-13-21(37-16-18)24(33)31-10-8-30(9-11-31)22-7-6-20(27-28-22)23(32)29-38(34,35)25(2,3)4/h6-7,12-16H,5,8-11H2,1-4H3,(H,29,32). The van der Waals surface area contributed by atoms with Gasteiger partial charge in [-0.2, -0.15) is 0 Å². The van der Waals surface area contributed by atoms with Crippen LogP contribution in [0.1, 0.15) is 47.9 Å². The number of hydrogen-bond donors (Lipinski definition) is 1. The van der Waals surface area contributed by atoms with Crippen LogP contribution in [0.15, 0.2) is 42.0 Å². The van der Waals surface area contributed by atoms with Gasteiger partial charge < -0.3 is 14.5 Å². The number of sulfonamides is 1. The molecule has 1 saturated heterocycles. The molecule has 0 bridgehead atoms. The molecule has 1 fully saturated rings. The maximum atomic E-state index is 13.1. The number of anilines is 1. The molecule has 38 heavy (non-hydrogen) atoms. The van der Waals surface area contributed by atoms with Crippen LogP contribution >= 0.6 is 11.3 Å². The predicted octanol–water partition coefficient (Wildman–Crippen LogP) is 2.82. The van der Waals surface area contributed by atoms with Crippen molar-refractivity contribution in [1.29, 1.82) is 0 Å². The first-order valence-corrected chi connectivity index (χ1v) is 14.5. The minimum absolute atomic E-state index is 0.0343. The third-order valence-corrected chi connectivity index (χ3v) is 8.96. The van der Waals surface area contributed by atoms with Crippen molar-refractivity contribution >= 4 is 39.0 Å². The Hall–Kier alpha value is -3.58. The number of rotatable bonds is 7. The average Bonchev–Trinajstić information content (AvgIpc) is 3.38. The van der Waals surface area contributed by atoms with Gasteiger partial charge in [-0.25, -0.2) is 13.1 Å². The molecular formula is C25H30N6O5S2. The van der Waals surface area contributed by atoms with Crippen LogP contribution in [0.25, 0.3) is 11.1 Å². The van der Waals surface area contributed by atoms with Crippen molar-refractivity contribution in [2.24, 2.45) is 0 Å². The molecule has 1 N–H and O–H groups in total. The molecule has 0 unspecified atom stereocenters. The first kappa shape index (κ1) is 27.5. The molecule has 0 aromatic carbocycles. The fourth-order valence-electron chi connectivity index (χ4n) is 3.66. The number of carbonyl (C=O) groups is 2. The number of aromatic nitrogens is 3. The minimum Gasteiger partial charge on any atom is -0.492 e. The number of pyridine rings is 1. The summed E-state index contributed by atoms with van der Waals surface area (Å²) in [5.41, 5.74) is 1.72. The smallest absolute Gasteiger partial charge is 0.285 e. The number of hydrogen-bond acceptors (Lipinski definition) is 10. The molecule has 0 spiro atoms. The van der Waals surface area contributed by atoms with Crippen LogP contribution in [0.5, 0.6) is 5.75 Å². The van der Waals surface area contributed by atoms with Crippen LogP contribution in [0, 0.1) is 0 Å². The number of nitrogens with zero attached hydrogens (tertiary/aromatic N) is 5. The number of ether oxygens (including phenoxy) is 1. The molecule has 1 aliphatic heterocycles. The van der Waals surface area contributed by atoms with Gasteiger partial charge in [-0.05, 0) is 62.9 Å². The quantitative estimate of drug-likeness (QED) is 0.464. The van der Waals surface area contributed by atoms with Gasteiger partial charge in [-0.15, -0.1) is 21.5 Å². The molecule has 1 aliphatic rings. The second-order valence-corrected chi connectivity index (χ2v) is 13.0. The average molecular weight is 559 g/mol. The molecule has 4 rings (SSSR count). The van der Waals surface area contributed by atoms with Crippen LogP contribution in [-0.2, 0) is 10.0 Å². The summed E-state index contributed by atoms with van der Waals surface area (Å²) in [6, 6.07) is 6.85. The Kier molecular flexibility index (Phi) is 7.97. The summed E-state index contributed by atoms with van der Waals surface area (Å²) < 4.78 is 30.9. The van der Waals surface area contributed by atoms with E-state index in [1.807, 2.05) is 34.1 Å². The lowest BCUT2D eigenvalue weighted by Crippen LogP contribution is -2.49. The van der Waals surface area contributed by atoms with E-state index in [4.69, 9.17) is 4.74 Å². The summed E-state index contributed by atoms with van der Waals surface area (Å²) in [7, 11) is -3.85. The third kappa shape index (κ3) is 6.10. The Morgan fingerprint density at radius 1 is 1.05 bits per heavy atom. The highest BCUT2D eigenvalue weighted by Gasteiger charge is 2.31. The van der Waals surface area contributed by atoms with Gasteiger partial charge in [0.1, 0.15) is 5.75 Å². The largest absolute Gasteiger partial charge is 0.492 e. The first-order valence-electron chi connectivity index (χ1n) is 12.1. The third-order valence-electron chi connectivity index (χ3n) is 5.97. The van der Waals surface area contributed by atoms with Gasteiger partial charge in [0.2, 0.25) is 10.0 Å². The van der Waals surface area contributed by atoms with Crippen molar-refractivity contribution in [2.75, 3.05) is 37.7 Å². The molecule has 0 radical (unpaired) electrons. The van der Waals surface area contributed by atoms with Crippen LogP contribution in [0.2, 0.25) is 0 Å². The molecule has 3 aromatic rings. The van der Waals surface area contributed by atoms with Crippen LogP contribution in [0.4, 0.5) is 5.82 Å². The maximum Gasteiger partial charge on any atom is 0.285 e. The molecule has 11 nitrogen and oxygen atoms in total. The minimum atomic E-state index is -3.85. The zero-order chi connectivity index (χ0) is 27.5. The Labute approximate surface area is 225 Å². The summed E-state index contributed by atoms with van der Waals surface area (Å²) >= 11 is 1.40. The highest BCUT2D eigenvalue weighted by Crippen LogP contribution is 2.28. The molecule has 202 valence electrons. The number of nitrogens with one attached hydrogen (secondary N) is 1. The van der Waals surface area contributed by atoms with Crippen molar-refractivity contribution in [3.8, 4) is 16.9 Å². The molecule has 0 saturated carbocycles. The fraction of sp³-hybridized carbons (Fsp3) is 0.400. The monoisotopic (exact) mass is 558 g/mol. The second kappa shape index (κ2) is 11.0. The van der Waals surface area contributed by atoms with Gasteiger partial charge in [0.25, 0.3) is 11.8 Å². The topological polar surface area (TPSA) is 135 Å². The molecule has 4 heterocycles. The van der Waals surface area contributed by atoms with E-state index in [1.165, 1.54) is 38.2 Å².